The first kappa shape index (κ1) is 13.2. The van der Waals surface area contributed by atoms with Crippen molar-refractivity contribution >= 4 is 5.69 Å². The minimum absolute atomic E-state index is 0.138. The predicted octanol–water partition coefficient (Wildman–Crippen LogP) is 2.48. The molecule has 2 rings (SSSR count). The first-order chi connectivity index (χ1) is 9.08. The molecule has 0 aliphatic heterocycles. The maximum atomic E-state index is 10.9. The van der Waals surface area contributed by atoms with E-state index >= 15 is 0 Å². The summed E-state index contributed by atoms with van der Waals surface area (Å²) in [5.41, 5.74) is 2.79. The summed E-state index contributed by atoms with van der Waals surface area (Å²) in [6, 6.07) is 5.43. The summed E-state index contributed by atoms with van der Waals surface area (Å²) in [5, 5.41) is 20.8. The second-order valence-corrected chi connectivity index (χ2v) is 4.51. The van der Waals surface area contributed by atoms with Crippen molar-refractivity contribution in [2.24, 2.45) is 0 Å². The molecule has 1 aromatic carbocycles. The predicted molar refractivity (Wildman–Crippen MR) is 71.7 cm³/mol. The lowest BCUT2D eigenvalue weighted by Crippen LogP contribution is -2.17. The first-order valence-electron chi connectivity index (χ1n) is 6.04. The zero-order valence-corrected chi connectivity index (χ0v) is 10.9. The third kappa shape index (κ3) is 3.17. The zero-order chi connectivity index (χ0) is 13.8. The Morgan fingerprint density at radius 1 is 1.53 bits per heavy atom. The van der Waals surface area contributed by atoms with Crippen LogP contribution in [0.4, 0.5) is 5.69 Å². The van der Waals surface area contributed by atoms with E-state index in [4.69, 9.17) is 0 Å². The number of aryl methyl sites for hydroxylation is 1. The zero-order valence-electron chi connectivity index (χ0n) is 10.9. The number of nitro benzene ring substituents is 1. The van der Waals surface area contributed by atoms with Gasteiger partial charge in [-0.25, -0.2) is 0 Å². The van der Waals surface area contributed by atoms with Crippen LogP contribution >= 0.6 is 0 Å². The van der Waals surface area contributed by atoms with E-state index < -0.39 is 0 Å². The van der Waals surface area contributed by atoms with E-state index in [1.165, 1.54) is 0 Å². The molecule has 19 heavy (non-hydrogen) atoms. The highest BCUT2D eigenvalue weighted by Gasteiger charge is 2.12. The maximum absolute atomic E-state index is 10.9. The van der Waals surface area contributed by atoms with Gasteiger partial charge in [0.25, 0.3) is 5.69 Å². The second kappa shape index (κ2) is 5.62. The molecule has 1 unspecified atom stereocenters. The molecular weight excluding hydrogens is 244 g/mol. The SMILES string of the molecule is Cc1ccc(CNC(C)c2cn[nH]c2)cc1[N+](=O)[O-]. The summed E-state index contributed by atoms with van der Waals surface area (Å²) < 4.78 is 0. The summed E-state index contributed by atoms with van der Waals surface area (Å²) in [7, 11) is 0. The number of aromatic amines is 1. The fraction of sp³-hybridized carbons (Fsp3) is 0.308. The van der Waals surface area contributed by atoms with Crippen LogP contribution in [0.5, 0.6) is 0 Å². The lowest BCUT2D eigenvalue weighted by molar-refractivity contribution is -0.385. The highest BCUT2D eigenvalue weighted by atomic mass is 16.6. The summed E-state index contributed by atoms with van der Waals surface area (Å²) >= 11 is 0. The van der Waals surface area contributed by atoms with Crippen molar-refractivity contribution in [1.82, 2.24) is 15.5 Å². The number of aromatic nitrogens is 2. The molecule has 0 aliphatic rings. The van der Waals surface area contributed by atoms with Gasteiger partial charge in [0.15, 0.2) is 0 Å². The van der Waals surface area contributed by atoms with Crippen LogP contribution in [-0.2, 0) is 6.54 Å². The largest absolute Gasteiger partial charge is 0.306 e. The quantitative estimate of drug-likeness (QED) is 0.639. The molecule has 0 aliphatic carbocycles. The number of H-pyrrole nitrogens is 1. The molecule has 100 valence electrons. The maximum Gasteiger partial charge on any atom is 0.272 e. The molecule has 2 aromatic rings. The second-order valence-electron chi connectivity index (χ2n) is 4.51. The van der Waals surface area contributed by atoms with Crippen molar-refractivity contribution in [3.8, 4) is 0 Å². The number of benzene rings is 1. The molecule has 2 N–H and O–H groups in total. The van der Waals surface area contributed by atoms with Crippen molar-refractivity contribution in [2.75, 3.05) is 0 Å². The van der Waals surface area contributed by atoms with Crippen LogP contribution in [0.2, 0.25) is 0 Å². The van der Waals surface area contributed by atoms with Crippen molar-refractivity contribution in [2.45, 2.75) is 26.4 Å². The van der Waals surface area contributed by atoms with E-state index in [2.05, 4.69) is 15.5 Å². The Hall–Kier alpha value is -2.21. The number of rotatable bonds is 5. The minimum atomic E-state index is -0.349. The monoisotopic (exact) mass is 260 g/mol. The van der Waals surface area contributed by atoms with Gasteiger partial charge in [0.2, 0.25) is 0 Å². The summed E-state index contributed by atoms with van der Waals surface area (Å²) in [4.78, 5) is 10.5. The summed E-state index contributed by atoms with van der Waals surface area (Å²) in [5.74, 6) is 0. The number of nitro groups is 1. The Balaban J connectivity index is 2.04. The molecule has 0 bridgehead atoms. The highest BCUT2D eigenvalue weighted by molar-refractivity contribution is 5.42. The van der Waals surface area contributed by atoms with Gasteiger partial charge < -0.3 is 5.32 Å². The van der Waals surface area contributed by atoms with Crippen LogP contribution in [0.25, 0.3) is 0 Å². The van der Waals surface area contributed by atoms with Crippen molar-refractivity contribution in [3.63, 3.8) is 0 Å². The van der Waals surface area contributed by atoms with Gasteiger partial charge in [0, 0.05) is 36.0 Å². The van der Waals surface area contributed by atoms with Gasteiger partial charge in [-0.05, 0) is 19.4 Å². The Labute approximate surface area is 111 Å². The highest BCUT2D eigenvalue weighted by Crippen LogP contribution is 2.19. The molecule has 0 fully saturated rings. The normalized spacial score (nSPS) is 12.3. The first-order valence-corrected chi connectivity index (χ1v) is 6.04. The van der Waals surface area contributed by atoms with Crippen molar-refractivity contribution < 1.29 is 4.92 Å². The van der Waals surface area contributed by atoms with Crippen LogP contribution in [0.15, 0.2) is 30.6 Å². The molecular formula is C13H16N4O2. The van der Waals surface area contributed by atoms with Crippen LogP contribution in [0, 0.1) is 17.0 Å². The molecule has 1 atom stereocenters. The van der Waals surface area contributed by atoms with Gasteiger partial charge in [-0.15, -0.1) is 0 Å². The van der Waals surface area contributed by atoms with Gasteiger partial charge in [0.05, 0.1) is 11.1 Å². The third-order valence-corrected chi connectivity index (χ3v) is 3.10. The molecule has 6 nitrogen and oxygen atoms in total. The number of nitrogens with zero attached hydrogens (tertiary/aromatic N) is 2. The lowest BCUT2D eigenvalue weighted by atomic mass is 10.1. The average molecular weight is 260 g/mol. The molecule has 0 radical (unpaired) electrons. The molecule has 0 spiro atoms. The van der Waals surface area contributed by atoms with Gasteiger partial charge in [-0.2, -0.15) is 5.10 Å². The molecule has 0 saturated heterocycles. The average Bonchev–Trinajstić information content (AvgIpc) is 2.91. The Kier molecular flexibility index (Phi) is 3.91. The lowest BCUT2D eigenvalue weighted by Gasteiger charge is -2.12. The topological polar surface area (TPSA) is 83.8 Å². The van der Waals surface area contributed by atoms with Crippen LogP contribution in [0.1, 0.15) is 29.7 Å². The van der Waals surface area contributed by atoms with E-state index in [1.54, 1.807) is 25.3 Å². The fourth-order valence-electron chi connectivity index (χ4n) is 1.85. The number of hydrogen-bond donors (Lipinski definition) is 2. The van der Waals surface area contributed by atoms with Crippen LogP contribution in [-0.4, -0.2) is 15.1 Å². The standard InChI is InChI=1S/C13H16N4O2/c1-9-3-4-11(5-13(9)17(18)19)6-14-10(2)12-7-15-16-8-12/h3-5,7-8,10,14H,6H2,1-2H3,(H,15,16). The van der Waals surface area contributed by atoms with Crippen molar-refractivity contribution in [3.05, 3.63) is 57.4 Å². The minimum Gasteiger partial charge on any atom is -0.306 e. The van der Waals surface area contributed by atoms with E-state index in [9.17, 15) is 10.1 Å². The van der Waals surface area contributed by atoms with Crippen LogP contribution < -0.4 is 5.32 Å². The smallest absolute Gasteiger partial charge is 0.272 e. The van der Waals surface area contributed by atoms with Gasteiger partial charge in [0.1, 0.15) is 0 Å². The molecule has 6 heteroatoms. The molecule has 0 saturated carbocycles. The Morgan fingerprint density at radius 3 is 2.95 bits per heavy atom. The third-order valence-electron chi connectivity index (χ3n) is 3.10. The Morgan fingerprint density at radius 2 is 2.32 bits per heavy atom. The summed E-state index contributed by atoms with van der Waals surface area (Å²) in [6.07, 6.45) is 3.59. The molecule has 1 aromatic heterocycles. The van der Waals surface area contributed by atoms with E-state index in [0.29, 0.717) is 12.1 Å². The Bertz CT molecular complexity index is 566. The van der Waals surface area contributed by atoms with E-state index in [1.807, 2.05) is 19.2 Å². The summed E-state index contributed by atoms with van der Waals surface area (Å²) in [6.45, 7) is 4.34. The number of nitrogens with one attached hydrogen (secondary N) is 2. The fourth-order valence-corrected chi connectivity index (χ4v) is 1.85. The van der Waals surface area contributed by atoms with E-state index in [0.717, 1.165) is 11.1 Å². The van der Waals surface area contributed by atoms with Crippen LogP contribution in [0.3, 0.4) is 0 Å². The van der Waals surface area contributed by atoms with Gasteiger partial charge in [-0.1, -0.05) is 12.1 Å². The van der Waals surface area contributed by atoms with Crippen molar-refractivity contribution in [1.29, 1.82) is 0 Å². The van der Waals surface area contributed by atoms with Gasteiger partial charge >= 0.3 is 0 Å². The molecule has 0 amide bonds. The number of hydrogen-bond acceptors (Lipinski definition) is 4. The van der Waals surface area contributed by atoms with Gasteiger partial charge in [-0.3, -0.25) is 15.2 Å². The van der Waals surface area contributed by atoms with E-state index in [-0.39, 0.29) is 16.7 Å². The molecule has 1 heterocycles.